The molecule has 1 aromatic rings. The van der Waals surface area contributed by atoms with E-state index < -0.39 is 0 Å². The Morgan fingerprint density at radius 1 is 1.15 bits per heavy atom. The van der Waals surface area contributed by atoms with Gasteiger partial charge in [0.2, 0.25) is 0 Å². The van der Waals surface area contributed by atoms with Crippen LogP contribution >= 0.6 is 34.8 Å². The van der Waals surface area contributed by atoms with Gasteiger partial charge in [-0.1, -0.05) is 41.7 Å². The molecule has 0 aliphatic carbocycles. The molecule has 1 rings (SSSR count). The van der Waals surface area contributed by atoms with Gasteiger partial charge in [-0.2, -0.15) is 0 Å². The Hall–Kier alpha value is -0.680. The minimum atomic E-state index is -0.346. The minimum Gasteiger partial charge on any atom is -0.381 e. The van der Waals surface area contributed by atoms with E-state index >= 15 is 0 Å². The zero-order chi connectivity index (χ0) is 15.0. The summed E-state index contributed by atoms with van der Waals surface area (Å²) in [4.78, 5) is 11.7. The lowest BCUT2D eigenvalue weighted by Gasteiger charge is -2.10. The van der Waals surface area contributed by atoms with E-state index in [-0.39, 0.29) is 6.03 Å². The lowest BCUT2D eigenvalue weighted by atomic mass is 10.3. The number of hydrogen-bond donors (Lipinski definition) is 2. The van der Waals surface area contributed by atoms with Crippen LogP contribution < -0.4 is 10.6 Å². The third-order valence-corrected chi connectivity index (χ3v) is 3.39. The summed E-state index contributed by atoms with van der Waals surface area (Å²) < 4.78 is 5.31. The number of carbonyl (C=O) groups excluding carboxylic acids is 1. The van der Waals surface area contributed by atoms with Crippen LogP contribution in [0.2, 0.25) is 15.1 Å². The third kappa shape index (κ3) is 6.18. The van der Waals surface area contributed by atoms with Gasteiger partial charge in [-0.05, 0) is 25.0 Å². The van der Waals surface area contributed by atoms with Crippen molar-refractivity contribution in [3.05, 3.63) is 27.2 Å². The maximum atomic E-state index is 11.7. The van der Waals surface area contributed by atoms with Gasteiger partial charge in [0.15, 0.2) is 0 Å². The molecule has 1 aromatic carbocycles. The molecule has 7 heteroatoms. The van der Waals surface area contributed by atoms with Crippen LogP contribution in [0.1, 0.15) is 19.8 Å². The van der Waals surface area contributed by atoms with Gasteiger partial charge < -0.3 is 15.4 Å². The first-order chi connectivity index (χ1) is 9.54. The van der Waals surface area contributed by atoms with Crippen molar-refractivity contribution in [2.24, 2.45) is 0 Å². The van der Waals surface area contributed by atoms with E-state index in [0.717, 1.165) is 19.4 Å². The number of hydrogen-bond acceptors (Lipinski definition) is 2. The predicted octanol–water partition coefficient (Wildman–Crippen LogP) is 4.59. The second-order valence-corrected chi connectivity index (χ2v) is 5.31. The largest absolute Gasteiger partial charge is 0.381 e. The molecule has 0 bridgehead atoms. The zero-order valence-electron chi connectivity index (χ0n) is 11.1. The number of nitrogens with one attached hydrogen (secondary N) is 2. The van der Waals surface area contributed by atoms with E-state index in [0.29, 0.717) is 33.9 Å². The fraction of sp³-hybridized carbons (Fsp3) is 0.462. The van der Waals surface area contributed by atoms with Gasteiger partial charge in [0, 0.05) is 19.8 Å². The van der Waals surface area contributed by atoms with E-state index in [2.05, 4.69) is 10.6 Å². The molecule has 0 fully saturated rings. The summed E-state index contributed by atoms with van der Waals surface area (Å²) in [7, 11) is 0. The first-order valence-corrected chi connectivity index (χ1v) is 7.45. The summed E-state index contributed by atoms with van der Waals surface area (Å²) in [5, 5.41) is 6.33. The molecule has 0 spiro atoms. The zero-order valence-corrected chi connectivity index (χ0v) is 13.4. The van der Waals surface area contributed by atoms with Crippen LogP contribution in [0.5, 0.6) is 0 Å². The summed E-state index contributed by atoms with van der Waals surface area (Å²) in [5.74, 6) is 0. The number of ether oxygens (including phenoxy) is 1. The molecule has 0 saturated heterocycles. The second-order valence-electron chi connectivity index (χ2n) is 4.09. The maximum absolute atomic E-state index is 11.7. The molecule has 0 atom stereocenters. The molecule has 2 N–H and O–H groups in total. The molecule has 4 nitrogen and oxygen atoms in total. The molecule has 0 aliphatic heterocycles. The van der Waals surface area contributed by atoms with Gasteiger partial charge in [0.1, 0.15) is 0 Å². The molecule has 0 saturated carbocycles. The number of carbonyl (C=O) groups is 1. The Labute approximate surface area is 133 Å². The van der Waals surface area contributed by atoms with Gasteiger partial charge >= 0.3 is 6.03 Å². The normalized spacial score (nSPS) is 10.4. The lowest BCUT2D eigenvalue weighted by Crippen LogP contribution is -2.30. The van der Waals surface area contributed by atoms with Crippen LogP contribution in [0, 0.1) is 0 Å². The summed E-state index contributed by atoms with van der Waals surface area (Å²) in [6, 6.07) is 2.65. The molecule has 0 unspecified atom stereocenters. The van der Waals surface area contributed by atoms with Gasteiger partial charge in [0.25, 0.3) is 0 Å². The van der Waals surface area contributed by atoms with E-state index in [9.17, 15) is 4.79 Å². The van der Waals surface area contributed by atoms with Crippen LogP contribution in [0.3, 0.4) is 0 Å². The first kappa shape index (κ1) is 17.4. The number of rotatable bonds is 7. The maximum Gasteiger partial charge on any atom is 0.319 e. The molecule has 0 aliphatic rings. The van der Waals surface area contributed by atoms with Crippen LogP contribution in [0.4, 0.5) is 10.5 Å². The molecule has 2 amide bonds. The molecular formula is C13H17Cl3N2O2. The Morgan fingerprint density at radius 2 is 1.85 bits per heavy atom. The highest BCUT2D eigenvalue weighted by molar-refractivity contribution is 6.44. The number of urea groups is 1. The molecular weight excluding hydrogens is 323 g/mol. The highest BCUT2D eigenvalue weighted by atomic mass is 35.5. The molecule has 0 aromatic heterocycles. The van der Waals surface area contributed by atoms with Crippen molar-refractivity contribution in [3.63, 3.8) is 0 Å². The molecule has 20 heavy (non-hydrogen) atoms. The first-order valence-electron chi connectivity index (χ1n) is 6.31. The van der Waals surface area contributed by atoms with Crippen molar-refractivity contribution in [3.8, 4) is 0 Å². The van der Waals surface area contributed by atoms with Crippen LogP contribution in [0.15, 0.2) is 12.1 Å². The highest BCUT2D eigenvalue weighted by Gasteiger charge is 2.08. The number of halogens is 3. The second kappa shape index (κ2) is 9.29. The van der Waals surface area contributed by atoms with E-state index in [1.807, 2.05) is 6.92 Å². The summed E-state index contributed by atoms with van der Waals surface area (Å²) in [6.45, 7) is 3.94. The van der Waals surface area contributed by atoms with Crippen LogP contribution in [-0.4, -0.2) is 25.8 Å². The number of anilines is 1. The summed E-state index contributed by atoms with van der Waals surface area (Å²) >= 11 is 17.6. The fourth-order valence-corrected chi connectivity index (χ4v) is 2.00. The van der Waals surface area contributed by atoms with Gasteiger partial charge in [-0.15, -0.1) is 0 Å². The monoisotopic (exact) mass is 338 g/mol. The Bertz CT molecular complexity index is 455. The SMILES string of the molecule is CCCOCCCNC(=O)Nc1cc(Cl)c(Cl)cc1Cl. The van der Waals surface area contributed by atoms with Crippen molar-refractivity contribution < 1.29 is 9.53 Å². The lowest BCUT2D eigenvalue weighted by molar-refractivity contribution is 0.132. The van der Waals surface area contributed by atoms with Gasteiger partial charge in [-0.3, -0.25) is 0 Å². The standard InChI is InChI=1S/C13H17Cl3N2O2/c1-2-5-20-6-3-4-17-13(19)18-12-8-10(15)9(14)7-11(12)16/h7-8H,2-6H2,1H3,(H2,17,18,19). The van der Waals surface area contributed by atoms with E-state index in [1.165, 1.54) is 12.1 Å². The minimum absolute atomic E-state index is 0.333. The van der Waals surface area contributed by atoms with Crippen molar-refractivity contribution >= 4 is 46.5 Å². The smallest absolute Gasteiger partial charge is 0.319 e. The Morgan fingerprint density at radius 3 is 2.55 bits per heavy atom. The van der Waals surface area contributed by atoms with Crippen LogP contribution in [-0.2, 0) is 4.74 Å². The number of benzene rings is 1. The summed E-state index contributed by atoms with van der Waals surface area (Å²) in [5.41, 5.74) is 0.417. The summed E-state index contributed by atoms with van der Waals surface area (Å²) in [6.07, 6.45) is 1.74. The topological polar surface area (TPSA) is 50.4 Å². The number of amides is 2. The average molecular weight is 340 g/mol. The van der Waals surface area contributed by atoms with Gasteiger partial charge in [0.05, 0.1) is 20.8 Å². The molecule has 112 valence electrons. The van der Waals surface area contributed by atoms with E-state index in [1.54, 1.807) is 0 Å². The molecule has 0 heterocycles. The Balaban J connectivity index is 2.34. The van der Waals surface area contributed by atoms with Crippen LogP contribution in [0.25, 0.3) is 0 Å². The van der Waals surface area contributed by atoms with Crippen molar-refractivity contribution in [2.45, 2.75) is 19.8 Å². The predicted molar refractivity (Wildman–Crippen MR) is 84.2 cm³/mol. The Kier molecular flexibility index (Phi) is 8.07. The molecule has 0 radical (unpaired) electrons. The third-order valence-electron chi connectivity index (χ3n) is 2.36. The van der Waals surface area contributed by atoms with Crippen molar-refractivity contribution in [2.75, 3.05) is 25.1 Å². The van der Waals surface area contributed by atoms with Crippen molar-refractivity contribution in [1.29, 1.82) is 0 Å². The highest BCUT2D eigenvalue weighted by Crippen LogP contribution is 2.32. The quantitative estimate of drug-likeness (QED) is 0.564. The fourth-order valence-electron chi connectivity index (χ4n) is 1.41. The van der Waals surface area contributed by atoms with Gasteiger partial charge in [-0.25, -0.2) is 4.79 Å². The van der Waals surface area contributed by atoms with Crippen molar-refractivity contribution in [1.82, 2.24) is 5.32 Å². The van der Waals surface area contributed by atoms with E-state index in [4.69, 9.17) is 39.5 Å². The average Bonchev–Trinajstić information content (AvgIpc) is 2.40.